The number of benzene rings is 7. The largest absolute Gasteiger partial charge is 0.456 e. The van der Waals surface area contributed by atoms with Gasteiger partial charge in [0.2, 0.25) is 0 Å². The van der Waals surface area contributed by atoms with Gasteiger partial charge in [0.15, 0.2) is 5.84 Å². The minimum absolute atomic E-state index is 0.192. The van der Waals surface area contributed by atoms with Gasteiger partial charge in [-0.05, 0) is 83.8 Å². The number of para-hydroxylation sites is 2. The average molecular weight is 751 g/mol. The number of thiophene rings is 1. The summed E-state index contributed by atoms with van der Waals surface area (Å²) in [5.74, 6) is 1.92. The van der Waals surface area contributed by atoms with E-state index >= 15 is 0 Å². The van der Waals surface area contributed by atoms with Crippen LogP contribution in [-0.2, 0) is 0 Å². The fourth-order valence-corrected chi connectivity index (χ4v) is 9.88. The molecule has 2 aliphatic rings. The van der Waals surface area contributed by atoms with Crippen molar-refractivity contribution in [3.8, 4) is 16.8 Å². The monoisotopic (exact) mass is 750 g/mol. The molecule has 10 aromatic rings. The SMILES string of the molecule is C1=CCC(C2=NC(c3ccccc3)=NC(c3ccc4sc5cc(-c6ccc7oc8ccc(-n9c%10ccccc%10c%10ccccc%109)cc8c7c6)ccc5c4c3)N2)C=C1. The van der Waals surface area contributed by atoms with E-state index in [4.69, 9.17) is 14.4 Å². The van der Waals surface area contributed by atoms with Gasteiger partial charge in [-0.2, -0.15) is 0 Å². The standard InChI is InChI=1S/C51H34N4OS/c1-3-11-31(12-4-1)49-52-50(32-13-5-2-6-14-32)54-51(53-49)35-21-26-47-42(28-35)39-23-19-34(29-48(39)57-47)33-20-24-45-40(27-33)41-30-36(22-25-46(41)56-45)55-43-17-9-7-15-37(43)38-16-8-10-18-44(38)55/h1-13,15-30,32,51H,14H2,(H,52,53,54). The van der Waals surface area contributed by atoms with Crippen molar-refractivity contribution in [3.05, 3.63) is 187 Å². The quantitative estimate of drug-likeness (QED) is 0.190. The summed E-state index contributed by atoms with van der Waals surface area (Å²) in [6, 6.07) is 54.4. The first-order chi connectivity index (χ1) is 28.2. The van der Waals surface area contributed by atoms with Gasteiger partial charge in [0.1, 0.15) is 23.2 Å². The minimum Gasteiger partial charge on any atom is -0.456 e. The number of nitrogens with one attached hydrogen (secondary N) is 1. The molecule has 1 aliphatic carbocycles. The highest BCUT2D eigenvalue weighted by Crippen LogP contribution is 2.40. The molecule has 3 aromatic heterocycles. The van der Waals surface area contributed by atoms with E-state index in [1.165, 1.54) is 53.1 Å². The van der Waals surface area contributed by atoms with Crippen molar-refractivity contribution in [1.82, 2.24) is 9.88 Å². The van der Waals surface area contributed by atoms with Gasteiger partial charge in [0.05, 0.1) is 11.0 Å². The molecule has 4 heterocycles. The van der Waals surface area contributed by atoms with E-state index in [-0.39, 0.29) is 12.1 Å². The number of hydrogen-bond acceptors (Lipinski definition) is 5. The van der Waals surface area contributed by atoms with E-state index in [1.807, 2.05) is 29.5 Å². The third-order valence-corrected chi connectivity index (χ3v) is 12.7. The molecular weight excluding hydrogens is 717 g/mol. The van der Waals surface area contributed by atoms with E-state index in [0.717, 1.165) is 56.8 Å². The van der Waals surface area contributed by atoms with Crippen LogP contribution in [0.4, 0.5) is 0 Å². The van der Waals surface area contributed by atoms with Crippen molar-refractivity contribution in [2.24, 2.45) is 15.9 Å². The van der Waals surface area contributed by atoms with Crippen LogP contribution in [0.25, 0.3) is 80.7 Å². The van der Waals surface area contributed by atoms with Crippen LogP contribution >= 0.6 is 11.3 Å². The summed E-state index contributed by atoms with van der Waals surface area (Å²) in [5, 5.41) is 10.9. The Morgan fingerprint density at radius 2 is 1.32 bits per heavy atom. The summed E-state index contributed by atoms with van der Waals surface area (Å²) < 4.78 is 11.3. The van der Waals surface area contributed by atoms with Gasteiger partial charge >= 0.3 is 0 Å². The number of aromatic nitrogens is 1. The second-order valence-corrected chi connectivity index (χ2v) is 16.0. The fraction of sp³-hybridized carbons (Fsp3) is 0.0588. The molecule has 57 heavy (non-hydrogen) atoms. The molecule has 7 aromatic carbocycles. The predicted octanol–water partition coefficient (Wildman–Crippen LogP) is 13.3. The first kappa shape index (κ1) is 32.2. The van der Waals surface area contributed by atoms with Crippen molar-refractivity contribution in [2.75, 3.05) is 0 Å². The highest BCUT2D eigenvalue weighted by atomic mass is 32.1. The molecule has 12 rings (SSSR count). The van der Waals surface area contributed by atoms with E-state index in [0.29, 0.717) is 0 Å². The zero-order valence-electron chi connectivity index (χ0n) is 30.8. The molecule has 0 saturated heterocycles. The molecule has 0 spiro atoms. The first-order valence-corrected chi connectivity index (χ1v) is 20.3. The van der Waals surface area contributed by atoms with Crippen LogP contribution in [0, 0.1) is 5.92 Å². The molecule has 0 bridgehead atoms. The highest BCUT2D eigenvalue weighted by Gasteiger charge is 2.25. The van der Waals surface area contributed by atoms with Gasteiger partial charge in [-0.1, -0.05) is 115 Å². The number of allylic oxidation sites excluding steroid dienone is 3. The van der Waals surface area contributed by atoms with Gasteiger partial charge in [-0.15, -0.1) is 11.3 Å². The maximum atomic E-state index is 6.40. The minimum atomic E-state index is -0.238. The maximum Gasteiger partial charge on any atom is 0.159 e. The van der Waals surface area contributed by atoms with Crippen LogP contribution in [0.3, 0.4) is 0 Å². The average Bonchev–Trinajstić information content (AvgIpc) is 3.95. The molecule has 0 saturated carbocycles. The Bertz CT molecular complexity index is 3320. The Balaban J connectivity index is 0.917. The molecule has 1 N–H and O–H groups in total. The van der Waals surface area contributed by atoms with E-state index in [2.05, 4.69) is 168 Å². The van der Waals surface area contributed by atoms with Crippen LogP contribution in [0.15, 0.2) is 190 Å². The van der Waals surface area contributed by atoms with Crippen LogP contribution in [0.5, 0.6) is 0 Å². The molecule has 0 fully saturated rings. The topological polar surface area (TPSA) is 54.8 Å². The van der Waals surface area contributed by atoms with Crippen molar-refractivity contribution >= 4 is 86.9 Å². The Morgan fingerprint density at radius 1 is 0.579 bits per heavy atom. The Kier molecular flexibility index (Phi) is 7.22. The third-order valence-electron chi connectivity index (χ3n) is 11.6. The molecule has 0 radical (unpaired) electrons. The number of fused-ring (bicyclic) bond motifs is 9. The molecule has 5 nitrogen and oxygen atoms in total. The summed E-state index contributed by atoms with van der Waals surface area (Å²) in [5.41, 5.74) is 9.80. The van der Waals surface area contributed by atoms with Crippen molar-refractivity contribution in [2.45, 2.75) is 12.6 Å². The normalized spacial score (nSPS) is 16.9. The van der Waals surface area contributed by atoms with Crippen molar-refractivity contribution in [3.63, 3.8) is 0 Å². The third kappa shape index (κ3) is 5.29. The second-order valence-electron chi connectivity index (χ2n) is 14.9. The number of hydrogen-bond donors (Lipinski definition) is 1. The molecule has 6 heteroatoms. The maximum absolute atomic E-state index is 6.40. The van der Waals surface area contributed by atoms with Crippen LogP contribution in [-0.4, -0.2) is 16.2 Å². The van der Waals surface area contributed by atoms with Crippen molar-refractivity contribution in [1.29, 1.82) is 0 Å². The van der Waals surface area contributed by atoms with Gasteiger partial charge in [0, 0.05) is 58.9 Å². The Morgan fingerprint density at radius 3 is 2.12 bits per heavy atom. The van der Waals surface area contributed by atoms with Gasteiger partial charge < -0.3 is 14.3 Å². The lowest BCUT2D eigenvalue weighted by atomic mass is 9.98. The summed E-state index contributed by atoms with van der Waals surface area (Å²) in [6.45, 7) is 0. The highest BCUT2D eigenvalue weighted by molar-refractivity contribution is 7.25. The predicted molar refractivity (Wildman–Crippen MR) is 239 cm³/mol. The molecule has 2 atom stereocenters. The van der Waals surface area contributed by atoms with Crippen LogP contribution < -0.4 is 5.32 Å². The number of nitrogens with zero attached hydrogens (tertiary/aromatic N) is 3. The Labute approximate surface area is 332 Å². The Hall–Kier alpha value is -7.02. The van der Waals surface area contributed by atoms with Gasteiger partial charge in [-0.25, -0.2) is 9.98 Å². The second kappa shape index (κ2) is 12.8. The lowest BCUT2D eigenvalue weighted by Gasteiger charge is -2.27. The van der Waals surface area contributed by atoms with Gasteiger partial charge in [-0.3, -0.25) is 0 Å². The smallest absolute Gasteiger partial charge is 0.159 e. The number of furan rings is 1. The number of rotatable bonds is 5. The molecule has 2 unspecified atom stereocenters. The first-order valence-electron chi connectivity index (χ1n) is 19.4. The molecule has 1 aliphatic heterocycles. The summed E-state index contributed by atoms with van der Waals surface area (Å²) in [7, 11) is 0. The number of aliphatic imine (C=N–C) groups is 2. The van der Waals surface area contributed by atoms with Crippen LogP contribution in [0.2, 0.25) is 0 Å². The van der Waals surface area contributed by atoms with Crippen molar-refractivity contribution < 1.29 is 4.42 Å². The summed E-state index contributed by atoms with van der Waals surface area (Å²) in [6.07, 6.45) is 9.32. The molecule has 270 valence electrons. The fourth-order valence-electron chi connectivity index (χ4n) is 8.76. The lowest BCUT2D eigenvalue weighted by molar-refractivity contribution is 0.643. The summed E-state index contributed by atoms with van der Waals surface area (Å²) in [4.78, 5) is 10.2. The van der Waals surface area contributed by atoms with Crippen LogP contribution in [0.1, 0.15) is 23.7 Å². The zero-order valence-corrected chi connectivity index (χ0v) is 31.6. The lowest BCUT2D eigenvalue weighted by Crippen LogP contribution is -2.37. The van der Waals surface area contributed by atoms with E-state index in [1.54, 1.807) is 0 Å². The molecular formula is C51H34N4OS. The zero-order chi connectivity index (χ0) is 37.5. The number of amidine groups is 2. The summed E-state index contributed by atoms with van der Waals surface area (Å²) >= 11 is 1.84. The molecule has 0 amide bonds. The van der Waals surface area contributed by atoms with Gasteiger partial charge in [0.25, 0.3) is 0 Å². The van der Waals surface area contributed by atoms with E-state index < -0.39 is 0 Å². The van der Waals surface area contributed by atoms with E-state index in [9.17, 15) is 0 Å².